The number of amides is 2. The van der Waals surface area contributed by atoms with Crippen LogP contribution in [0.3, 0.4) is 0 Å². The predicted molar refractivity (Wildman–Crippen MR) is 121 cm³/mol. The van der Waals surface area contributed by atoms with Crippen LogP contribution >= 0.6 is 0 Å². The van der Waals surface area contributed by atoms with E-state index in [2.05, 4.69) is 22.5 Å². The smallest absolute Gasteiger partial charge is 0.254 e. The molecule has 6 heteroatoms. The molecule has 0 radical (unpaired) electrons. The number of hydrogen-bond donors (Lipinski definition) is 1. The molecule has 0 saturated carbocycles. The zero-order valence-electron chi connectivity index (χ0n) is 17.8. The van der Waals surface area contributed by atoms with Crippen molar-refractivity contribution in [2.24, 2.45) is 5.92 Å². The number of carbonyl (C=O) groups excluding carboxylic acids is 2. The van der Waals surface area contributed by atoms with Gasteiger partial charge in [-0.05, 0) is 43.4 Å². The molecule has 2 amide bonds. The quantitative estimate of drug-likeness (QED) is 0.661. The number of aromatic nitrogens is 2. The van der Waals surface area contributed by atoms with Gasteiger partial charge in [-0.1, -0.05) is 48.5 Å². The zero-order chi connectivity index (χ0) is 21.6. The maximum Gasteiger partial charge on any atom is 0.254 e. The third-order valence-corrected chi connectivity index (χ3v) is 5.86. The minimum absolute atomic E-state index is 0.00669. The minimum atomic E-state index is -0.0893. The lowest BCUT2D eigenvalue weighted by Gasteiger charge is -2.31. The molecule has 3 aromatic rings. The normalized spacial score (nSPS) is 14.4. The number of carbonyl (C=O) groups is 2. The van der Waals surface area contributed by atoms with Gasteiger partial charge in [0.1, 0.15) is 0 Å². The van der Waals surface area contributed by atoms with E-state index in [0.717, 1.165) is 29.8 Å². The van der Waals surface area contributed by atoms with Crippen molar-refractivity contribution in [3.63, 3.8) is 0 Å². The molecule has 0 aliphatic carbocycles. The molecule has 1 saturated heterocycles. The lowest BCUT2D eigenvalue weighted by atomic mass is 9.94. The number of likely N-dealkylation sites (tertiary alicyclic amines) is 1. The number of nitrogens with zero attached hydrogens (tertiary/aromatic N) is 3. The van der Waals surface area contributed by atoms with Gasteiger partial charge in [0.2, 0.25) is 5.91 Å². The molecular weight excluding hydrogens is 388 g/mol. The average molecular weight is 417 g/mol. The Morgan fingerprint density at radius 1 is 1.03 bits per heavy atom. The van der Waals surface area contributed by atoms with Crippen molar-refractivity contribution < 1.29 is 9.59 Å². The highest BCUT2D eigenvalue weighted by molar-refractivity contribution is 5.96. The number of aryl methyl sites for hydroxylation is 1. The number of nitrogens with one attached hydrogen (secondary N) is 1. The molecule has 0 unspecified atom stereocenters. The van der Waals surface area contributed by atoms with E-state index >= 15 is 0 Å². The van der Waals surface area contributed by atoms with E-state index < -0.39 is 0 Å². The van der Waals surface area contributed by atoms with Crippen LogP contribution in [0.4, 0.5) is 5.69 Å². The van der Waals surface area contributed by atoms with E-state index in [4.69, 9.17) is 0 Å². The highest BCUT2D eigenvalue weighted by atomic mass is 16.2. The van der Waals surface area contributed by atoms with Crippen molar-refractivity contribution in [2.45, 2.75) is 32.7 Å². The first-order chi connectivity index (χ1) is 15.1. The monoisotopic (exact) mass is 416 g/mol. The van der Waals surface area contributed by atoms with E-state index in [1.807, 2.05) is 60.5 Å². The molecule has 2 aromatic carbocycles. The summed E-state index contributed by atoms with van der Waals surface area (Å²) in [7, 11) is 0. The second-order valence-electron chi connectivity index (χ2n) is 7.96. The Morgan fingerprint density at radius 3 is 2.45 bits per heavy atom. The van der Waals surface area contributed by atoms with E-state index in [-0.39, 0.29) is 17.7 Å². The van der Waals surface area contributed by atoms with Crippen molar-refractivity contribution in [3.05, 3.63) is 83.7 Å². The highest BCUT2D eigenvalue weighted by Crippen LogP contribution is 2.23. The van der Waals surface area contributed by atoms with Gasteiger partial charge in [-0.15, -0.1) is 0 Å². The van der Waals surface area contributed by atoms with E-state index in [1.54, 1.807) is 10.9 Å². The zero-order valence-corrected chi connectivity index (χ0v) is 17.8. The number of anilines is 1. The third-order valence-electron chi connectivity index (χ3n) is 5.86. The van der Waals surface area contributed by atoms with Crippen molar-refractivity contribution >= 4 is 17.5 Å². The summed E-state index contributed by atoms with van der Waals surface area (Å²) in [6.07, 6.45) is 5.57. The molecule has 4 rings (SSSR count). The molecule has 1 fully saturated rings. The van der Waals surface area contributed by atoms with Crippen LogP contribution in [0.5, 0.6) is 0 Å². The molecule has 0 bridgehead atoms. The summed E-state index contributed by atoms with van der Waals surface area (Å²) in [6.45, 7) is 3.95. The van der Waals surface area contributed by atoms with Gasteiger partial charge in [-0.2, -0.15) is 5.10 Å². The Bertz CT molecular complexity index is 1040. The standard InChI is InChI=1S/C25H28N4O2/c1-2-29-18-22(17-26-29)27-24(30)20-12-14-28(15-13-20)25(31)23-11-7-6-10-21(23)16-19-8-4-3-5-9-19/h3-11,17-18,20H,2,12-16H2,1H3,(H,27,30). The first kappa shape index (κ1) is 20.8. The van der Waals surface area contributed by atoms with Crippen LogP contribution < -0.4 is 5.32 Å². The van der Waals surface area contributed by atoms with Crippen LogP contribution in [0.15, 0.2) is 67.0 Å². The number of rotatable bonds is 6. The Kier molecular flexibility index (Phi) is 6.46. The fraction of sp³-hybridized carbons (Fsp3) is 0.320. The summed E-state index contributed by atoms with van der Waals surface area (Å²) in [6, 6.07) is 18.0. The molecule has 0 spiro atoms. The van der Waals surface area contributed by atoms with Gasteiger partial charge < -0.3 is 10.2 Å². The van der Waals surface area contributed by atoms with E-state index in [0.29, 0.717) is 25.9 Å². The first-order valence-corrected chi connectivity index (χ1v) is 10.9. The predicted octanol–water partition coefficient (Wildman–Crippen LogP) is 3.98. The molecule has 0 atom stereocenters. The van der Waals surface area contributed by atoms with Crippen LogP contribution in [-0.4, -0.2) is 39.6 Å². The van der Waals surface area contributed by atoms with E-state index in [1.165, 1.54) is 5.56 Å². The lowest BCUT2D eigenvalue weighted by molar-refractivity contribution is -0.121. The number of benzene rings is 2. The van der Waals surface area contributed by atoms with Gasteiger partial charge in [0.05, 0.1) is 11.9 Å². The van der Waals surface area contributed by atoms with Crippen molar-refractivity contribution in [1.29, 1.82) is 0 Å². The van der Waals surface area contributed by atoms with Gasteiger partial charge in [-0.25, -0.2) is 0 Å². The second-order valence-corrected chi connectivity index (χ2v) is 7.96. The van der Waals surface area contributed by atoms with Gasteiger partial charge >= 0.3 is 0 Å². The minimum Gasteiger partial charge on any atom is -0.339 e. The molecule has 2 heterocycles. The second kappa shape index (κ2) is 9.60. The highest BCUT2D eigenvalue weighted by Gasteiger charge is 2.28. The fourth-order valence-corrected chi connectivity index (χ4v) is 4.06. The summed E-state index contributed by atoms with van der Waals surface area (Å²) >= 11 is 0. The molecule has 31 heavy (non-hydrogen) atoms. The lowest BCUT2D eigenvalue weighted by Crippen LogP contribution is -2.41. The Hall–Kier alpha value is -3.41. The number of hydrogen-bond acceptors (Lipinski definition) is 3. The van der Waals surface area contributed by atoms with Gasteiger partial charge in [0, 0.05) is 37.3 Å². The molecule has 1 aliphatic heterocycles. The van der Waals surface area contributed by atoms with E-state index in [9.17, 15) is 9.59 Å². The third kappa shape index (κ3) is 5.02. The molecule has 6 nitrogen and oxygen atoms in total. The fourth-order valence-electron chi connectivity index (χ4n) is 4.06. The van der Waals surface area contributed by atoms with Crippen LogP contribution in [0.25, 0.3) is 0 Å². The molecule has 1 N–H and O–H groups in total. The van der Waals surface area contributed by atoms with Crippen LogP contribution in [0, 0.1) is 5.92 Å². The Balaban J connectivity index is 1.37. The first-order valence-electron chi connectivity index (χ1n) is 10.9. The summed E-state index contributed by atoms with van der Waals surface area (Å²) in [5, 5.41) is 7.14. The van der Waals surface area contributed by atoms with Crippen LogP contribution in [-0.2, 0) is 17.8 Å². The average Bonchev–Trinajstić information content (AvgIpc) is 3.27. The summed E-state index contributed by atoms with van der Waals surface area (Å²) in [4.78, 5) is 27.7. The van der Waals surface area contributed by atoms with Gasteiger partial charge in [0.25, 0.3) is 5.91 Å². The molecule has 160 valence electrons. The SMILES string of the molecule is CCn1cc(NC(=O)C2CCN(C(=O)c3ccccc3Cc3ccccc3)CC2)cn1. The molecule has 1 aromatic heterocycles. The molecular formula is C25H28N4O2. The van der Waals surface area contributed by atoms with Gasteiger partial charge in [0.15, 0.2) is 0 Å². The van der Waals surface area contributed by atoms with Crippen LogP contribution in [0.2, 0.25) is 0 Å². The largest absolute Gasteiger partial charge is 0.339 e. The van der Waals surface area contributed by atoms with Gasteiger partial charge in [-0.3, -0.25) is 14.3 Å². The van der Waals surface area contributed by atoms with Crippen molar-refractivity contribution in [1.82, 2.24) is 14.7 Å². The van der Waals surface area contributed by atoms with Crippen molar-refractivity contribution in [3.8, 4) is 0 Å². The summed E-state index contributed by atoms with van der Waals surface area (Å²) in [5.74, 6) is -0.0320. The summed E-state index contributed by atoms with van der Waals surface area (Å²) < 4.78 is 1.78. The maximum absolute atomic E-state index is 13.2. The molecule has 1 aliphatic rings. The Labute approximate surface area is 182 Å². The van der Waals surface area contributed by atoms with Crippen LogP contribution in [0.1, 0.15) is 41.3 Å². The topological polar surface area (TPSA) is 67.2 Å². The Morgan fingerprint density at radius 2 is 1.74 bits per heavy atom. The maximum atomic E-state index is 13.2. The summed E-state index contributed by atoms with van der Waals surface area (Å²) in [5.41, 5.74) is 3.69. The van der Waals surface area contributed by atoms with Crippen molar-refractivity contribution in [2.75, 3.05) is 18.4 Å². The number of piperidine rings is 1.